The summed E-state index contributed by atoms with van der Waals surface area (Å²) >= 11 is 1.81. The van der Waals surface area contributed by atoms with E-state index in [2.05, 4.69) is 16.2 Å². The van der Waals surface area contributed by atoms with E-state index in [0.717, 1.165) is 24.1 Å². The number of halogens is 1. The molecule has 0 unspecified atom stereocenters. The SMILES string of the molecule is Cl.NC1(c2noc(-c3cc4c(s3)CCCCC4)n2)CCC1. The summed E-state index contributed by atoms with van der Waals surface area (Å²) in [4.78, 5) is 7.16. The molecular formula is C15H20ClN3OS. The van der Waals surface area contributed by atoms with Gasteiger partial charge >= 0.3 is 0 Å². The summed E-state index contributed by atoms with van der Waals surface area (Å²) in [7, 11) is 0. The molecule has 6 heteroatoms. The largest absolute Gasteiger partial charge is 0.333 e. The normalized spacial score (nSPS) is 20.0. The van der Waals surface area contributed by atoms with Crippen LogP contribution >= 0.6 is 23.7 Å². The van der Waals surface area contributed by atoms with Crippen molar-refractivity contribution in [1.82, 2.24) is 10.1 Å². The molecule has 4 rings (SSSR count). The van der Waals surface area contributed by atoms with Crippen LogP contribution in [0.25, 0.3) is 10.8 Å². The fraction of sp³-hybridized carbons (Fsp3) is 0.600. The molecule has 1 fully saturated rings. The minimum atomic E-state index is -0.337. The Morgan fingerprint density at radius 1 is 1.14 bits per heavy atom. The smallest absolute Gasteiger partial charge is 0.268 e. The molecule has 2 N–H and O–H groups in total. The highest BCUT2D eigenvalue weighted by molar-refractivity contribution is 7.15. The number of thiophene rings is 1. The second-order valence-electron chi connectivity index (χ2n) is 6.05. The number of nitrogens with zero attached hydrogens (tertiary/aromatic N) is 2. The number of aryl methyl sites for hydroxylation is 2. The summed E-state index contributed by atoms with van der Waals surface area (Å²) in [6.45, 7) is 0. The fourth-order valence-corrected chi connectivity index (χ4v) is 4.26. The summed E-state index contributed by atoms with van der Waals surface area (Å²) < 4.78 is 5.45. The average molecular weight is 326 g/mol. The van der Waals surface area contributed by atoms with Crippen LogP contribution in [0.2, 0.25) is 0 Å². The second kappa shape index (κ2) is 5.71. The van der Waals surface area contributed by atoms with Crippen molar-refractivity contribution < 1.29 is 4.52 Å². The Hall–Kier alpha value is -0.910. The first-order valence-electron chi connectivity index (χ1n) is 7.50. The molecule has 2 heterocycles. The van der Waals surface area contributed by atoms with E-state index in [0.29, 0.717) is 11.7 Å². The molecule has 0 amide bonds. The molecule has 21 heavy (non-hydrogen) atoms. The van der Waals surface area contributed by atoms with Crippen LogP contribution in [0.5, 0.6) is 0 Å². The number of aromatic nitrogens is 2. The molecule has 0 bridgehead atoms. The Kier molecular flexibility index (Phi) is 4.08. The van der Waals surface area contributed by atoms with Crippen molar-refractivity contribution in [2.24, 2.45) is 5.73 Å². The molecule has 2 aliphatic rings. The number of fused-ring (bicyclic) bond motifs is 1. The third kappa shape index (κ3) is 2.62. The third-order valence-corrected chi connectivity index (χ3v) is 5.80. The number of hydrogen-bond donors (Lipinski definition) is 1. The van der Waals surface area contributed by atoms with E-state index in [1.807, 2.05) is 11.3 Å². The first kappa shape index (κ1) is 15.0. The van der Waals surface area contributed by atoms with Gasteiger partial charge in [0.1, 0.15) is 0 Å². The van der Waals surface area contributed by atoms with E-state index >= 15 is 0 Å². The molecule has 114 valence electrons. The van der Waals surface area contributed by atoms with Crippen molar-refractivity contribution >= 4 is 23.7 Å². The monoisotopic (exact) mass is 325 g/mol. The minimum absolute atomic E-state index is 0. The van der Waals surface area contributed by atoms with Crippen LogP contribution in [0.3, 0.4) is 0 Å². The molecule has 0 spiro atoms. The molecule has 0 radical (unpaired) electrons. The lowest BCUT2D eigenvalue weighted by atomic mass is 9.77. The number of hydrogen-bond acceptors (Lipinski definition) is 5. The topological polar surface area (TPSA) is 64.9 Å². The molecule has 2 aromatic rings. The van der Waals surface area contributed by atoms with E-state index < -0.39 is 0 Å². The zero-order chi connectivity index (χ0) is 13.6. The van der Waals surface area contributed by atoms with Gasteiger partial charge in [0.15, 0.2) is 5.82 Å². The molecule has 0 saturated heterocycles. The molecule has 0 atom stereocenters. The average Bonchev–Trinajstić information content (AvgIpc) is 2.99. The quantitative estimate of drug-likeness (QED) is 0.852. The lowest BCUT2D eigenvalue weighted by Crippen LogP contribution is -2.44. The van der Waals surface area contributed by atoms with Crippen molar-refractivity contribution in [3.8, 4) is 10.8 Å². The van der Waals surface area contributed by atoms with Crippen molar-refractivity contribution in [2.75, 3.05) is 0 Å². The number of rotatable bonds is 2. The van der Waals surface area contributed by atoms with Crippen LogP contribution in [-0.2, 0) is 18.4 Å². The van der Waals surface area contributed by atoms with E-state index in [9.17, 15) is 0 Å². The first-order chi connectivity index (χ1) is 9.74. The van der Waals surface area contributed by atoms with Crippen LogP contribution < -0.4 is 5.73 Å². The van der Waals surface area contributed by atoms with Gasteiger partial charge in [-0.15, -0.1) is 23.7 Å². The Labute approximate surface area is 134 Å². The highest BCUT2D eigenvalue weighted by Crippen LogP contribution is 2.39. The highest BCUT2D eigenvalue weighted by Gasteiger charge is 2.39. The zero-order valence-electron chi connectivity index (χ0n) is 11.9. The van der Waals surface area contributed by atoms with Crippen molar-refractivity contribution in [3.63, 3.8) is 0 Å². The van der Waals surface area contributed by atoms with Crippen LogP contribution in [0.4, 0.5) is 0 Å². The second-order valence-corrected chi connectivity index (χ2v) is 7.19. The number of nitrogens with two attached hydrogens (primary N) is 1. The van der Waals surface area contributed by atoms with Crippen LogP contribution in [-0.4, -0.2) is 10.1 Å². The summed E-state index contributed by atoms with van der Waals surface area (Å²) in [5, 5.41) is 4.11. The predicted molar refractivity (Wildman–Crippen MR) is 85.8 cm³/mol. The van der Waals surface area contributed by atoms with Crippen LogP contribution in [0.1, 0.15) is 54.8 Å². The zero-order valence-corrected chi connectivity index (χ0v) is 13.6. The van der Waals surface area contributed by atoms with Gasteiger partial charge in [0.05, 0.1) is 10.4 Å². The maximum absolute atomic E-state index is 6.25. The Bertz CT molecular complexity index is 609. The predicted octanol–water partition coefficient (Wildman–Crippen LogP) is 3.83. The summed E-state index contributed by atoms with van der Waals surface area (Å²) in [6.07, 6.45) is 9.41. The van der Waals surface area contributed by atoms with Gasteiger partial charge in [0.25, 0.3) is 5.89 Å². The van der Waals surface area contributed by atoms with Gasteiger partial charge in [-0.05, 0) is 56.6 Å². The summed E-state index contributed by atoms with van der Waals surface area (Å²) in [5.41, 5.74) is 7.39. The maximum Gasteiger partial charge on any atom is 0.268 e. The molecule has 1 saturated carbocycles. The van der Waals surface area contributed by atoms with E-state index in [1.165, 1.54) is 42.5 Å². The van der Waals surface area contributed by atoms with Gasteiger partial charge in [0, 0.05) is 4.88 Å². The lowest BCUT2D eigenvalue weighted by Gasteiger charge is -2.34. The van der Waals surface area contributed by atoms with Gasteiger partial charge in [-0.25, -0.2) is 0 Å². The lowest BCUT2D eigenvalue weighted by molar-refractivity contribution is 0.229. The third-order valence-electron chi connectivity index (χ3n) is 4.57. The van der Waals surface area contributed by atoms with Crippen LogP contribution in [0, 0.1) is 0 Å². The van der Waals surface area contributed by atoms with E-state index in [4.69, 9.17) is 10.3 Å². The van der Waals surface area contributed by atoms with Crippen LogP contribution in [0.15, 0.2) is 10.6 Å². The first-order valence-corrected chi connectivity index (χ1v) is 8.31. The van der Waals surface area contributed by atoms with Crippen molar-refractivity contribution in [2.45, 2.75) is 56.9 Å². The van der Waals surface area contributed by atoms with E-state index in [-0.39, 0.29) is 17.9 Å². The Morgan fingerprint density at radius 2 is 1.95 bits per heavy atom. The Morgan fingerprint density at radius 3 is 2.71 bits per heavy atom. The minimum Gasteiger partial charge on any atom is -0.333 e. The fourth-order valence-electron chi connectivity index (χ4n) is 3.08. The molecular weight excluding hydrogens is 306 g/mol. The van der Waals surface area contributed by atoms with Gasteiger partial charge < -0.3 is 10.3 Å². The molecule has 2 aromatic heterocycles. The molecule has 0 aliphatic heterocycles. The van der Waals surface area contributed by atoms with E-state index in [1.54, 1.807) is 0 Å². The summed E-state index contributed by atoms with van der Waals surface area (Å²) in [5.74, 6) is 1.33. The molecule has 0 aromatic carbocycles. The van der Waals surface area contributed by atoms with Gasteiger partial charge in [0.2, 0.25) is 0 Å². The molecule has 4 nitrogen and oxygen atoms in total. The van der Waals surface area contributed by atoms with Crippen molar-refractivity contribution in [3.05, 3.63) is 22.3 Å². The highest BCUT2D eigenvalue weighted by atomic mass is 35.5. The van der Waals surface area contributed by atoms with Gasteiger partial charge in [-0.1, -0.05) is 11.6 Å². The van der Waals surface area contributed by atoms with Gasteiger partial charge in [-0.3, -0.25) is 0 Å². The molecule has 2 aliphatic carbocycles. The standard InChI is InChI=1S/C15H19N3OS.ClH/c16-15(7-4-8-15)14-17-13(19-18-14)12-9-10-5-2-1-3-6-11(10)20-12;/h9H,1-8,16H2;1H. The maximum atomic E-state index is 6.25. The van der Waals surface area contributed by atoms with Crippen molar-refractivity contribution in [1.29, 1.82) is 0 Å². The van der Waals surface area contributed by atoms with Gasteiger partial charge in [-0.2, -0.15) is 4.98 Å². The Balaban J connectivity index is 0.00000132. The summed E-state index contributed by atoms with van der Waals surface area (Å²) in [6, 6.07) is 2.24.